The maximum Gasteiger partial charge on any atom is 0.303 e. The summed E-state index contributed by atoms with van der Waals surface area (Å²) < 4.78 is 0. The molecule has 0 spiro atoms. The number of anilines is 1. The summed E-state index contributed by atoms with van der Waals surface area (Å²) in [4.78, 5) is 28.2. The molecule has 108 valence electrons. The fraction of sp³-hybridized carbons (Fsp3) is 0.500. The molecule has 0 aromatic carbocycles. The third-order valence-corrected chi connectivity index (χ3v) is 3.65. The molecule has 2 heterocycles. The Morgan fingerprint density at radius 2 is 2.20 bits per heavy atom. The van der Waals surface area contributed by atoms with Crippen molar-refractivity contribution in [2.75, 3.05) is 11.4 Å². The van der Waals surface area contributed by atoms with E-state index in [1.54, 1.807) is 12.1 Å². The molecular weight excluding hydrogens is 258 g/mol. The number of rotatable bonds is 5. The second kappa shape index (κ2) is 6.36. The second-order valence-electron chi connectivity index (χ2n) is 5.04. The summed E-state index contributed by atoms with van der Waals surface area (Å²) in [6, 6.07) is 3.64. The van der Waals surface area contributed by atoms with E-state index in [1.165, 1.54) is 6.20 Å². The Kier molecular flexibility index (Phi) is 4.55. The highest BCUT2D eigenvalue weighted by Crippen LogP contribution is 2.25. The largest absolute Gasteiger partial charge is 0.481 e. The van der Waals surface area contributed by atoms with Gasteiger partial charge in [0.15, 0.2) is 0 Å². The highest BCUT2D eigenvalue weighted by Gasteiger charge is 2.24. The molecule has 1 aliphatic heterocycles. The van der Waals surface area contributed by atoms with Crippen LogP contribution in [0.5, 0.6) is 0 Å². The zero-order valence-electron chi connectivity index (χ0n) is 11.3. The Hall–Kier alpha value is -2.11. The summed E-state index contributed by atoms with van der Waals surface area (Å²) in [5.41, 5.74) is 5.58. The highest BCUT2D eigenvalue weighted by molar-refractivity contribution is 5.92. The molecule has 1 aromatic heterocycles. The van der Waals surface area contributed by atoms with Gasteiger partial charge in [-0.25, -0.2) is 4.98 Å². The van der Waals surface area contributed by atoms with Gasteiger partial charge in [0.25, 0.3) is 0 Å². The van der Waals surface area contributed by atoms with E-state index in [9.17, 15) is 9.59 Å². The van der Waals surface area contributed by atoms with E-state index in [2.05, 4.69) is 9.88 Å². The Balaban J connectivity index is 2.10. The first-order valence-electron chi connectivity index (χ1n) is 6.82. The molecule has 1 aromatic rings. The number of carboxylic acids is 1. The van der Waals surface area contributed by atoms with Crippen LogP contribution < -0.4 is 10.6 Å². The lowest BCUT2D eigenvalue weighted by molar-refractivity contribution is -0.137. The number of aromatic nitrogens is 1. The number of nitrogens with two attached hydrogens (primary N) is 1. The molecule has 1 saturated heterocycles. The first-order chi connectivity index (χ1) is 9.58. The van der Waals surface area contributed by atoms with E-state index in [0.717, 1.165) is 31.6 Å². The van der Waals surface area contributed by atoms with E-state index in [4.69, 9.17) is 10.8 Å². The summed E-state index contributed by atoms with van der Waals surface area (Å²) in [7, 11) is 0. The molecule has 1 aliphatic rings. The van der Waals surface area contributed by atoms with Gasteiger partial charge in [0.05, 0.1) is 5.56 Å². The molecule has 0 radical (unpaired) electrons. The highest BCUT2D eigenvalue weighted by atomic mass is 16.4. The van der Waals surface area contributed by atoms with Gasteiger partial charge in [0.2, 0.25) is 5.91 Å². The molecule has 1 atom stereocenters. The van der Waals surface area contributed by atoms with E-state index >= 15 is 0 Å². The van der Waals surface area contributed by atoms with Gasteiger partial charge in [-0.2, -0.15) is 0 Å². The van der Waals surface area contributed by atoms with Crippen molar-refractivity contribution < 1.29 is 14.7 Å². The van der Waals surface area contributed by atoms with E-state index in [1.807, 2.05) is 0 Å². The number of amides is 1. The van der Waals surface area contributed by atoms with Crippen LogP contribution in [0.25, 0.3) is 0 Å². The molecule has 2 rings (SSSR count). The minimum absolute atomic E-state index is 0.167. The van der Waals surface area contributed by atoms with Crippen LogP contribution in [0, 0.1) is 0 Å². The number of nitrogens with zero attached hydrogens (tertiary/aromatic N) is 2. The van der Waals surface area contributed by atoms with Crippen LogP contribution in [0.2, 0.25) is 0 Å². The second-order valence-corrected chi connectivity index (χ2v) is 5.04. The van der Waals surface area contributed by atoms with Gasteiger partial charge in [0, 0.05) is 25.2 Å². The quantitative estimate of drug-likeness (QED) is 0.848. The smallest absolute Gasteiger partial charge is 0.303 e. The van der Waals surface area contributed by atoms with Crippen molar-refractivity contribution in [2.45, 2.75) is 38.1 Å². The zero-order valence-corrected chi connectivity index (χ0v) is 11.3. The van der Waals surface area contributed by atoms with Gasteiger partial charge in [-0.3, -0.25) is 9.59 Å². The van der Waals surface area contributed by atoms with Gasteiger partial charge in [0.1, 0.15) is 5.82 Å². The Bertz CT molecular complexity index is 487. The number of primary amides is 1. The predicted molar refractivity (Wildman–Crippen MR) is 74.6 cm³/mol. The van der Waals surface area contributed by atoms with Crippen LogP contribution in [-0.4, -0.2) is 34.6 Å². The summed E-state index contributed by atoms with van der Waals surface area (Å²) in [6.45, 7) is 0.868. The normalized spacial score (nSPS) is 18.8. The van der Waals surface area contributed by atoms with Crippen LogP contribution >= 0.6 is 0 Å². The molecular formula is C14H19N3O3. The first kappa shape index (κ1) is 14.3. The van der Waals surface area contributed by atoms with Crippen molar-refractivity contribution in [2.24, 2.45) is 5.73 Å². The maximum absolute atomic E-state index is 11.0. The number of pyridine rings is 1. The summed E-state index contributed by atoms with van der Waals surface area (Å²) in [6.07, 6.45) is 5.42. The lowest BCUT2D eigenvalue weighted by Gasteiger charge is -2.36. The zero-order chi connectivity index (χ0) is 14.5. The van der Waals surface area contributed by atoms with Crippen molar-refractivity contribution >= 4 is 17.7 Å². The summed E-state index contributed by atoms with van der Waals surface area (Å²) >= 11 is 0. The van der Waals surface area contributed by atoms with Crippen molar-refractivity contribution in [1.82, 2.24) is 4.98 Å². The van der Waals surface area contributed by atoms with Crippen LogP contribution in [0.15, 0.2) is 18.3 Å². The molecule has 20 heavy (non-hydrogen) atoms. The molecule has 6 nitrogen and oxygen atoms in total. The van der Waals surface area contributed by atoms with Crippen LogP contribution in [0.1, 0.15) is 42.5 Å². The fourth-order valence-electron chi connectivity index (χ4n) is 2.59. The van der Waals surface area contributed by atoms with Crippen LogP contribution in [-0.2, 0) is 4.79 Å². The molecule has 0 bridgehead atoms. The minimum atomic E-state index is -0.771. The van der Waals surface area contributed by atoms with E-state index in [0.29, 0.717) is 12.0 Å². The number of hydrogen-bond acceptors (Lipinski definition) is 4. The summed E-state index contributed by atoms with van der Waals surface area (Å²) in [5.74, 6) is -0.484. The number of carbonyl (C=O) groups excluding carboxylic acids is 1. The van der Waals surface area contributed by atoms with Crippen LogP contribution in [0.4, 0.5) is 5.82 Å². The number of piperidine rings is 1. The predicted octanol–water partition coefficient (Wildman–Crippen LogP) is 1.40. The Labute approximate surface area is 117 Å². The topological polar surface area (TPSA) is 96.5 Å². The Morgan fingerprint density at radius 1 is 1.40 bits per heavy atom. The maximum atomic E-state index is 11.0. The molecule has 3 N–H and O–H groups in total. The number of carbonyl (C=O) groups is 2. The fourth-order valence-corrected chi connectivity index (χ4v) is 2.59. The van der Waals surface area contributed by atoms with Gasteiger partial charge < -0.3 is 15.7 Å². The van der Waals surface area contributed by atoms with E-state index in [-0.39, 0.29) is 12.5 Å². The van der Waals surface area contributed by atoms with Crippen LogP contribution in [0.3, 0.4) is 0 Å². The van der Waals surface area contributed by atoms with Gasteiger partial charge in [-0.05, 0) is 37.8 Å². The molecule has 0 aliphatic carbocycles. The third-order valence-electron chi connectivity index (χ3n) is 3.65. The third kappa shape index (κ3) is 3.46. The average molecular weight is 277 g/mol. The SMILES string of the molecule is NC(=O)c1ccc(N2CCCCC2CCC(=O)O)nc1. The number of carboxylic acid groups (broad SMARTS) is 1. The van der Waals surface area contributed by atoms with Gasteiger partial charge in [-0.1, -0.05) is 0 Å². The van der Waals surface area contributed by atoms with Gasteiger partial charge >= 0.3 is 5.97 Å². The van der Waals surface area contributed by atoms with Crippen molar-refractivity contribution in [3.8, 4) is 0 Å². The molecule has 6 heteroatoms. The number of aliphatic carboxylic acids is 1. The minimum Gasteiger partial charge on any atom is -0.481 e. The lowest BCUT2D eigenvalue weighted by Crippen LogP contribution is -2.40. The molecule has 1 unspecified atom stereocenters. The van der Waals surface area contributed by atoms with Gasteiger partial charge in [-0.15, -0.1) is 0 Å². The summed E-state index contributed by atoms with van der Waals surface area (Å²) in [5, 5.41) is 8.81. The van der Waals surface area contributed by atoms with Crippen molar-refractivity contribution in [3.05, 3.63) is 23.9 Å². The van der Waals surface area contributed by atoms with Crippen molar-refractivity contribution in [1.29, 1.82) is 0 Å². The van der Waals surface area contributed by atoms with Crippen molar-refractivity contribution in [3.63, 3.8) is 0 Å². The monoisotopic (exact) mass is 277 g/mol. The standard InChI is InChI=1S/C14H19N3O3/c15-14(20)10-4-6-12(16-9-10)17-8-2-1-3-11(17)5-7-13(18)19/h4,6,9,11H,1-3,5,7-8H2,(H2,15,20)(H,18,19). The Morgan fingerprint density at radius 3 is 2.80 bits per heavy atom. The molecule has 1 amide bonds. The molecule has 1 fully saturated rings. The average Bonchev–Trinajstić information content (AvgIpc) is 2.45. The molecule has 0 saturated carbocycles. The first-order valence-corrected chi connectivity index (χ1v) is 6.82. The van der Waals surface area contributed by atoms with E-state index < -0.39 is 11.9 Å². The lowest BCUT2D eigenvalue weighted by atomic mass is 9.98. The number of hydrogen-bond donors (Lipinski definition) is 2.